The monoisotopic (exact) mass is 236 g/mol. The second kappa shape index (κ2) is 4.67. The number of halogens is 3. The zero-order valence-corrected chi connectivity index (χ0v) is 8.51. The molecule has 0 aliphatic carbocycles. The smallest absolute Gasteiger partial charge is 0.405 e. The van der Waals surface area contributed by atoms with Crippen LogP contribution in [0.5, 0.6) is 5.75 Å². The van der Waals surface area contributed by atoms with Gasteiger partial charge in [-0.05, 0) is 6.92 Å². The van der Waals surface area contributed by atoms with Crippen LogP contribution in [0.2, 0.25) is 0 Å². The number of nitrogens with zero attached hydrogens (tertiary/aromatic N) is 1. The highest BCUT2D eigenvalue weighted by Gasteiger charge is 2.32. The van der Waals surface area contributed by atoms with Gasteiger partial charge in [0.25, 0.3) is 0 Å². The molecule has 0 saturated heterocycles. The van der Waals surface area contributed by atoms with Gasteiger partial charge in [0.15, 0.2) is 0 Å². The van der Waals surface area contributed by atoms with E-state index < -0.39 is 18.7 Å². The second-order valence-corrected chi connectivity index (χ2v) is 3.09. The van der Waals surface area contributed by atoms with Crippen LogP contribution in [-0.4, -0.2) is 16.5 Å². The Morgan fingerprint density at radius 2 is 2.12 bits per heavy atom. The lowest BCUT2D eigenvalue weighted by atomic mass is 10.1. The normalized spacial score (nSPS) is 11.6. The summed E-state index contributed by atoms with van der Waals surface area (Å²) in [7, 11) is 0. The summed E-state index contributed by atoms with van der Waals surface area (Å²) in [4.78, 5) is 3.92. The van der Waals surface area contributed by atoms with Crippen LogP contribution in [-0.2, 0) is 13.2 Å². The number of ether oxygens (including phenoxy) is 1. The molecule has 7 heteroatoms. The number of pyridine rings is 1. The van der Waals surface area contributed by atoms with E-state index in [9.17, 15) is 13.2 Å². The van der Waals surface area contributed by atoms with E-state index >= 15 is 0 Å². The Morgan fingerprint density at radius 1 is 1.50 bits per heavy atom. The first-order valence-electron chi connectivity index (χ1n) is 4.43. The van der Waals surface area contributed by atoms with Crippen LogP contribution in [0.1, 0.15) is 17.0 Å². The van der Waals surface area contributed by atoms with Gasteiger partial charge in [-0.2, -0.15) is 0 Å². The molecule has 1 aromatic rings. The van der Waals surface area contributed by atoms with Crippen molar-refractivity contribution in [2.24, 2.45) is 5.73 Å². The third-order valence-electron chi connectivity index (χ3n) is 1.94. The van der Waals surface area contributed by atoms with Crippen LogP contribution < -0.4 is 10.5 Å². The van der Waals surface area contributed by atoms with Crippen molar-refractivity contribution in [3.05, 3.63) is 23.0 Å². The molecule has 3 N–H and O–H groups in total. The van der Waals surface area contributed by atoms with Gasteiger partial charge in [0, 0.05) is 23.9 Å². The number of hydrogen-bond donors (Lipinski definition) is 2. The number of aryl methyl sites for hydroxylation is 1. The summed E-state index contributed by atoms with van der Waals surface area (Å²) in [5.74, 6) is -0.456. The summed E-state index contributed by atoms with van der Waals surface area (Å²) in [6, 6.07) is 1.08. The molecule has 0 aliphatic rings. The molecule has 16 heavy (non-hydrogen) atoms. The molecule has 0 saturated carbocycles. The lowest BCUT2D eigenvalue weighted by molar-refractivity contribution is -0.275. The zero-order valence-electron chi connectivity index (χ0n) is 8.51. The molecule has 0 aromatic carbocycles. The van der Waals surface area contributed by atoms with E-state index in [0.29, 0.717) is 0 Å². The zero-order chi connectivity index (χ0) is 12.3. The van der Waals surface area contributed by atoms with Crippen molar-refractivity contribution in [2.75, 3.05) is 0 Å². The molecule has 0 radical (unpaired) electrons. The van der Waals surface area contributed by atoms with Gasteiger partial charge in [-0.1, -0.05) is 0 Å². The van der Waals surface area contributed by atoms with E-state index in [1.54, 1.807) is 0 Å². The minimum absolute atomic E-state index is 0.000760. The Bertz CT molecular complexity index is 380. The SMILES string of the molecule is Cc1nc(CN)cc(OC(F)(F)F)c1CO. The first-order valence-corrected chi connectivity index (χ1v) is 4.43. The molecule has 0 spiro atoms. The lowest BCUT2D eigenvalue weighted by Gasteiger charge is -2.14. The average Bonchev–Trinajstić information content (AvgIpc) is 2.14. The van der Waals surface area contributed by atoms with Crippen LogP contribution in [0, 0.1) is 6.92 Å². The van der Waals surface area contributed by atoms with Crippen molar-refractivity contribution in [3.8, 4) is 5.75 Å². The number of aromatic nitrogens is 1. The Balaban J connectivity index is 3.18. The summed E-state index contributed by atoms with van der Waals surface area (Å²) < 4.78 is 40.0. The highest BCUT2D eigenvalue weighted by atomic mass is 19.4. The summed E-state index contributed by atoms with van der Waals surface area (Å²) in [5, 5.41) is 8.94. The van der Waals surface area contributed by atoms with E-state index in [2.05, 4.69) is 9.72 Å². The summed E-state index contributed by atoms with van der Waals surface area (Å²) in [6.45, 7) is 0.907. The van der Waals surface area contributed by atoms with E-state index in [1.807, 2.05) is 0 Å². The number of aliphatic hydroxyl groups excluding tert-OH is 1. The molecule has 0 amide bonds. The Morgan fingerprint density at radius 3 is 2.56 bits per heavy atom. The molecule has 0 atom stereocenters. The van der Waals surface area contributed by atoms with Gasteiger partial charge in [0.1, 0.15) is 5.75 Å². The van der Waals surface area contributed by atoms with Gasteiger partial charge in [0.05, 0.1) is 12.3 Å². The van der Waals surface area contributed by atoms with Crippen molar-refractivity contribution in [3.63, 3.8) is 0 Å². The number of rotatable bonds is 3. The highest BCUT2D eigenvalue weighted by Crippen LogP contribution is 2.28. The fraction of sp³-hybridized carbons (Fsp3) is 0.444. The van der Waals surface area contributed by atoms with Gasteiger partial charge < -0.3 is 15.6 Å². The van der Waals surface area contributed by atoms with Crippen LogP contribution in [0.4, 0.5) is 13.2 Å². The molecule has 4 nitrogen and oxygen atoms in total. The summed E-state index contributed by atoms with van der Waals surface area (Å²) >= 11 is 0. The van der Waals surface area contributed by atoms with Gasteiger partial charge in [-0.25, -0.2) is 0 Å². The number of alkyl halides is 3. The van der Waals surface area contributed by atoms with Gasteiger partial charge in [0.2, 0.25) is 0 Å². The topological polar surface area (TPSA) is 68.4 Å². The molecular formula is C9H11F3N2O2. The van der Waals surface area contributed by atoms with Crippen molar-refractivity contribution in [1.82, 2.24) is 4.98 Å². The van der Waals surface area contributed by atoms with Crippen molar-refractivity contribution in [1.29, 1.82) is 0 Å². The van der Waals surface area contributed by atoms with Crippen molar-refractivity contribution >= 4 is 0 Å². The Hall–Kier alpha value is -1.34. The maximum atomic E-state index is 12.1. The standard InChI is InChI=1S/C9H11F3N2O2/c1-5-7(4-15)8(16-9(10,11)12)2-6(3-13)14-5/h2,15H,3-4,13H2,1H3. The first-order chi connectivity index (χ1) is 7.37. The molecule has 0 fully saturated rings. The maximum Gasteiger partial charge on any atom is 0.573 e. The maximum absolute atomic E-state index is 12.1. The van der Waals surface area contributed by atoms with E-state index in [4.69, 9.17) is 10.8 Å². The molecule has 0 unspecified atom stereocenters. The minimum atomic E-state index is -4.80. The Labute approximate surface area is 89.9 Å². The molecule has 1 aromatic heterocycles. The van der Waals surface area contributed by atoms with E-state index in [1.165, 1.54) is 6.92 Å². The van der Waals surface area contributed by atoms with Crippen LogP contribution in [0.25, 0.3) is 0 Å². The van der Waals surface area contributed by atoms with E-state index in [-0.39, 0.29) is 23.5 Å². The Kier molecular flexibility index (Phi) is 3.71. The summed E-state index contributed by atoms with van der Waals surface area (Å²) in [5.41, 5.74) is 5.83. The highest BCUT2D eigenvalue weighted by molar-refractivity contribution is 5.37. The minimum Gasteiger partial charge on any atom is -0.405 e. The molecule has 90 valence electrons. The third-order valence-corrected chi connectivity index (χ3v) is 1.94. The quantitative estimate of drug-likeness (QED) is 0.828. The van der Waals surface area contributed by atoms with E-state index in [0.717, 1.165) is 6.07 Å². The largest absolute Gasteiger partial charge is 0.573 e. The van der Waals surface area contributed by atoms with Crippen LogP contribution in [0.15, 0.2) is 6.07 Å². The summed E-state index contributed by atoms with van der Waals surface area (Å²) in [6.07, 6.45) is -4.80. The molecule has 0 bridgehead atoms. The first kappa shape index (κ1) is 12.7. The molecule has 0 aliphatic heterocycles. The number of hydrogen-bond acceptors (Lipinski definition) is 4. The second-order valence-electron chi connectivity index (χ2n) is 3.09. The predicted molar refractivity (Wildman–Crippen MR) is 49.5 cm³/mol. The van der Waals surface area contributed by atoms with Crippen molar-refractivity contribution < 1.29 is 23.0 Å². The number of aliphatic hydroxyl groups is 1. The molecule has 1 rings (SSSR count). The molecular weight excluding hydrogens is 225 g/mol. The van der Waals surface area contributed by atoms with Gasteiger partial charge in [-0.15, -0.1) is 13.2 Å². The van der Waals surface area contributed by atoms with Crippen molar-refractivity contribution in [2.45, 2.75) is 26.4 Å². The van der Waals surface area contributed by atoms with Gasteiger partial charge >= 0.3 is 6.36 Å². The lowest BCUT2D eigenvalue weighted by Crippen LogP contribution is -2.19. The van der Waals surface area contributed by atoms with Crippen LogP contribution in [0.3, 0.4) is 0 Å². The predicted octanol–water partition coefficient (Wildman–Crippen LogP) is 1.24. The molecule has 1 heterocycles. The van der Waals surface area contributed by atoms with Gasteiger partial charge in [-0.3, -0.25) is 4.98 Å². The third kappa shape index (κ3) is 3.07. The number of nitrogens with two attached hydrogens (primary N) is 1. The fourth-order valence-corrected chi connectivity index (χ4v) is 1.24. The fourth-order valence-electron chi connectivity index (χ4n) is 1.24. The van der Waals surface area contributed by atoms with Crippen LogP contribution >= 0.6 is 0 Å². The average molecular weight is 236 g/mol.